The predicted octanol–water partition coefficient (Wildman–Crippen LogP) is 4.05. The molecule has 1 aliphatic heterocycles. The summed E-state index contributed by atoms with van der Waals surface area (Å²) < 4.78 is 0. The Hall–Kier alpha value is -2.92. The Morgan fingerprint density at radius 2 is 1.56 bits per heavy atom. The Morgan fingerprint density at radius 3 is 2.16 bits per heavy atom. The number of hydrogen-bond donors (Lipinski definition) is 2. The second-order valence-electron chi connectivity index (χ2n) is 9.54. The van der Waals surface area contributed by atoms with Gasteiger partial charge in [-0.1, -0.05) is 67.1 Å². The second kappa shape index (κ2) is 8.91. The van der Waals surface area contributed by atoms with Gasteiger partial charge in [0.15, 0.2) is 0 Å². The third-order valence-corrected chi connectivity index (χ3v) is 7.13. The molecule has 3 aromatic rings. The first-order valence-electron chi connectivity index (χ1n) is 11.9. The number of nitrogen functional groups attached to an aromatic ring is 1. The van der Waals surface area contributed by atoms with Gasteiger partial charge >= 0.3 is 0 Å². The largest absolute Gasteiger partial charge is 0.368 e. The van der Waals surface area contributed by atoms with Crippen LogP contribution in [0.25, 0.3) is 0 Å². The van der Waals surface area contributed by atoms with Crippen LogP contribution in [-0.2, 0) is 24.7 Å². The van der Waals surface area contributed by atoms with E-state index in [1.54, 1.807) is 0 Å². The van der Waals surface area contributed by atoms with Gasteiger partial charge in [-0.25, -0.2) is 4.98 Å². The maximum atomic E-state index is 6.36. The van der Waals surface area contributed by atoms with E-state index in [-0.39, 0.29) is 11.5 Å². The molecular weight excluding hydrogens is 394 g/mol. The van der Waals surface area contributed by atoms with E-state index >= 15 is 0 Å². The number of nitrogens with zero attached hydrogens (tertiary/aromatic N) is 3. The molecule has 1 aromatic heterocycles. The van der Waals surface area contributed by atoms with E-state index in [0.717, 1.165) is 63.1 Å². The molecule has 2 aliphatic rings. The minimum atomic E-state index is -0.109. The molecule has 166 valence electrons. The molecule has 4 N–H and O–H groups in total. The zero-order valence-electron chi connectivity index (χ0n) is 18.7. The molecule has 1 aliphatic carbocycles. The zero-order chi connectivity index (χ0) is 22.0. The molecule has 1 atom stereocenters. The number of rotatable bonds is 5. The van der Waals surface area contributed by atoms with Crippen molar-refractivity contribution >= 4 is 11.8 Å². The molecule has 0 saturated carbocycles. The van der Waals surface area contributed by atoms with Gasteiger partial charge in [0.05, 0.1) is 5.69 Å². The first kappa shape index (κ1) is 21.0. The summed E-state index contributed by atoms with van der Waals surface area (Å²) in [5.74, 6) is 1.40. The van der Waals surface area contributed by atoms with Gasteiger partial charge in [0.1, 0.15) is 5.82 Å². The van der Waals surface area contributed by atoms with Crippen LogP contribution >= 0.6 is 0 Å². The Kier molecular flexibility index (Phi) is 5.83. The summed E-state index contributed by atoms with van der Waals surface area (Å²) in [6.07, 6.45) is 7.32. The molecule has 32 heavy (non-hydrogen) atoms. The molecule has 0 unspecified atom stereocenters. The molecule has 2 aromatic carbocycles. The monoisotopic (exact) mass is 427 g/mol. The molecule has 1 fully saturated rings. The zero-order valence-corrected chi connectivity index (χ0v) is 18.7. The third-order valence-electron chi connectivity index (χ3n) is 7.13. The van der Waals surface area contributed by atoms with Crippen molar-refractivity contribution in [2.45, 2.75) is 56.4 Å². The van der Waals surface area contributed by atoms with Crippen LogP contribution in [0.5, 0.6) is 0 Å². The normalized spacial score (nSPS) is 20.0. The number of hydrogen-bond acceptors (Lipinski definition) is 5. The van der Waals surface area contributed by atoms with E-state index in [9.17, 15) is 0 Å². The summed E-state index contributed by atoms with van der Waals surface area (Å²) in [6, 6.07) is 21.9. The summed E-state index contributed by atoms with van der Waals surface area (Å²) in [5.41, 5.74) is 17.6. The highest BCUT2D eigenvalue weighted by atomic mass is 15.2. The lowest BCUT2D eigenvalue weighted by Gasteiger charge is -2.35. The van der Waals surface area contributed by atoms with E-state index in [1.165, 1.54) is 23.1 Å². The summed E-state index contributed by atoms with van der Waals surface area (Å²) in [7, 11) is 0. The lowest BCUT2D eigenvalue weighted by molar-refractivity contribution is 0.370. The molecule has 5 heteroatoms. The number of benzene rings is 2. The second-order valence-corrected chi connectivity index (χ2v) is 9.54. The van der Waals surface area contributed by atoms with Crippen LogP contribution in [0.3, 0.4) is 0 Å². The maximum absolute atomic E-state index is 6.36. The van der Waals surface area contributed by atoms with Crippen molar-refractivity contribution in [3.63, 3.8) is 0 Å². The van der Waals surface area contributed by atoms with Crippen molar-refractivity contribution < 1.29 is 0 Å². The molecule has 0 radical (unpaired) electrons. The average Bonchev–Trinajstić information content (AvgIpc) is 3.16. The van der Waals surface area contributed by atoms with E-state index in [2.05, 4.69) is 65.6 Å². The third kappa shape index (κ3) is 4.22. The van der Waals surface area contributed by atoms with E-state index < -0.39 is 0 Å². The van der Waals surface area contributed by atoms with E-state index in [1.807, 2.05) is 0 Å². The minimum absolute atomic E-state index is 0.109. The van der Waals surface area contributed by atoms with Gasteiger partial charge in [-0.15, -0.1) is 0 Å². The summed E-state index contributed by atoms with van der Waals surface area (Å²) in [4.78, 5) is 12.1. The van der Waals surface area contributed by atoms with Gasteiger partial charge in [0.2, 0.25) is 5.95 Å². The fraction of sp³-hybridized carbons (Fsp3) is 0.407. The molecule has 2 heterocycles. The highest BCUT2D eigenvalue weighted by Gasteiger charge is 2.40. The van der Waals surface area contributed by atoms with E-state index in [4.69, 9.17) is 21.4 Å². The highest BCUT2D eigenvalue weighted by Crippen LogP contribution is 2.43. The van der Waals surface area contributed by atoms with Crippen molar-refractivity contribution in [2.24, 2.45) is 5.73 Å². The van der Waals surface area contributed by atoms with Crippen LogP contribution in [0, 0.1) is 0 Å². The number of anilines is 2. The summed E-state index contributed by atoms with van der Waals surface area (Å²) in [6.45, 7) is 1.78. The van der Waals surface area contributed by atoms with Crippen LogP contribution in [-0.4, -0.2) is 29.1 Å². The standard InChI is InChI=1S/C27H33N5/c28-22-14-16-32(19-22)25-23-13-7-8-15-27(24(23)30-26(29)31-25,17-20-9-3-1-4-10-20)18-21-11-5-2-6-12-21/h1-6,9-12,22H,7-8,13-19,28H2,(H2,29,30,31)/t22-/m1/s1. The Balaban J connectivity index is 1.66. The highest BCUT2D eigenvalue weighted by molar-refractivity contribution is 5.56. The predicted molar refractivity (Wildman–Crippen MR) is 131 cm³/mol. The topological polar surface area (TPSA) is 81.1 Å². The van der Waals surface area contributed by atoms with Gasteiger partial charge in [0, 0.05) is 30.1 Å². The number of aromatic nitrogens is 2. The van der Waals surface area contributed by atoms with Gasteiger partial charge in [-0.2, -0.15) is 4.98 Å². The molecule has 0 amide bonds. The smallest absolute Gasteiger partial charge is 0.222 e. The molecule has 0 spiro atoms. The van der Waals surface area contributed by atoms with Crippen molar-refractivity contribution in [2.75, 3.05) is 23.7 Å². The van der Waals surface area contributed by atoms with Crippen LogP contribution in [0.1, 0.15) is 48.1 Å². The molecule has 5 nitrogen and oxygen atoms in total. The fourth-order valence-electron chi connectivity index (χ4n) is 5.66. The fourth-order valence-corrected chi connectivity index (χ4v) is 5.66. The van der Waals surface area contributed by atoms with Crippen LogP contribution in [0.15, 0.2) is 60.7 Å². The maximum Gasteiger partial charge on any atom is 0.222 e. The first-order chi connectivity index (χ1) is 15.6. The van der Waals surface area contributed by atoms with Crippen LogP contribution in [0.2, 0.25) is 0 Å². The van der Waals surface area contributed by atoms with Gasteiger partial charge in [0.25, 0.3) is 0 Å². The van der Waals surface area contributed by atoms with Crippen molar-refractivity contribution in [3.05, 3.63) is 83.0 Å². The minimum Gasteiger partial charge on any atom is -0.368 e. The lowest BCUT2D eigenvalue weighted by Crippen LogP contribution is -2.35. The summed E-state index contributed by atoms with van der Waals surface area (Å²) >= 11 is 0. The molecular formula is C27H33N5. The SMILES string of the molecule is Nc1nc(N2CC[C@@H](N)C2)c2c(n1)C(Cc1ccccc1)(Cc1ccccc1)CCCC2. The van der Waals surface area contributed by atoms with Gasteiger partial charge < -0.3 is 16.4 Å². The Morgan fingerprint density at radius 1 is 0.906 bits per heavy atom. The average molecular weight is 428 g/mol. The summed E-state index contributed by atoms with van der Waals surface area (Å²) in [5, 5.41) is 0. The van der Waals surface area contributed by atoms with Gasteiger partial charge in [-0.05, 0) is 49.7 Å². The lowest BCUT2D eigenvalue weighted by atomic mass is 9.70. The molecule has 0 bridgehead atoms. The number of fused-ring (bicyclic) bond motifs is 1. The van der Waals surface area contributed by atoms with Gasteiger partial charge in [-0.3, -0.25) is 0 Å². The van der Waals surface area contributed by atoms with Crippen LogP contribution in [0.4, 0.5) is 11.8 Å². The first-order valence-corrected chi connectivity index (χ1v) is 11.9. The molecule has 5 rings (SSSR count). The molecule has 1 saturated heterocycles. The van der Waals surface area contributed by atoms with Crippen molar-refractivity contribution in [1.29, 1.82) is 0 Å². The quantitative estimate of drug-likeness (QED) is 0.601. The van der Waals surface area contributed by atoms with Crippen LogP contribution < -0.4 is 16.4 Å². The van der Waals surface area contributed by atoms with Crippen molar-refractivity contribution in [1.82, 2.24) is 9.97 Å². The van der Waals surface area contributed by atoms with E-state index in [0.29, 0.717) is 5.95 Å². The Labute approximate surface area is 190 Å². The number of nitrogens with two attached hydrogens (primary N) is 2. The Bertz CT molecular complexity index is 1010. The van der Waals surface area contributed by atoms with Crippen molar-refractivity contribution in [3.8, 4) is 0 Å².